The molecule has 1 saturated heterocycles. The molecule has 12 heteroatoms. The molecule has 0 unspecified atom stereocenters. The van der Waals surface area contributed by atoms with Crippen LogP contribution >= 0.6 is 0 Å². The number of fused-ring (bicyclic) bond motifs is 1. The number of aromatic nitrogens is 2. The van der Waals surface area contributed by atoms with Gasteiger partial charge in [0.25, 0.3) is 0 Å². The number of benzene rings is 2. The van der Waals surface area contributed by atoms with Gasteiger partial charge in [-0.15, -0.1) is 0 Å². The van der Waals surface area contributed by atoms with E-state index in [1.807, 2.05) is 25.1 Å². The molecule has 3 heterocycles. The predicted octanol–water partition coefficient (Wildman–Crippen LogP) is 6.01. The van der Waals surface area contributed by atoms with Crippen LogP contribution in [0, 0.1) is 0 Å². The van der Waals surface area contributed by atoms with Crippen LogP contribution in [-0.2, 0) is 22.9 Å². The number of ether oxygens (including phenoxy) is 1. The Morgan fingerprint density at radius 1 is 1.12 bits per heavy atom. The van der Waals surface area contributed by atoms with Crippen LogP contribution in [0.2, 0.25) is 0 Å². The number of rotatable bonds is 9. The highest BCUT2D eigenvalue weighted by molar-refractivity contribution is 6.06. The molecule has 0 saturated carbocycles. The summed E-state index contributed by atoms with van der Waals surface area (Å²) in [5, 5.41) is 8.75. The molecule has 2 aliphatic heterocycles. The molecule has 0 bridgehead atoms. The maximum absolute atomic E-state index is 14.0. The quantitative estimate of drug-likeness (QED) is 0.276. The maximum atomic E-state index is 14.0. The van der Waals surface area contributed by atoms with Gasteiger partial charge in [0.15, 0.2) is 0 Å². The van der Waals surface area contributed by atoms with E-state index in [1.54, 1.807) is 32.0 Å². The molecule has 2 aliphatic rings. The third-order valence-corrected chi connectivity index (χ3v) is 8.05. The number of carbonyl (C=O) groups is 1. The number of nitrogens with zero attached hydrogens (tertiary/aromatic N) is 4. The summed E-state index contributed by atoms with van der Waals surface area (Å²) in [6.07, 6.45) is -3.90. The SMILES string of the molecule is CCOc1cc(N2CCN(C(C)C)CC2)ccc1Nc1ncc(C(F)(F)F)c(NCc2cccc3c2C(C)(C)C(=O)N3)n1. The summed E-state index contributed by atoms with van der Waals surface area (Å²) in [7, 11) is 0. The van der Waals surface area contributed by atoms with Gasteiger partial charge in [-0.2, -0.15) is 18.2 Å². The fraction of sp³-hybridized carbons (Fsp3) is 0.452. The van der Waals surface area contributed by atoms with Gasteiger partial charge in [0.05, 0.1) is 17.7 Å². The Kier molecular flexibility index (Phi) is 8.42. The van der Waals surface area contributed by atoms with E-state index < -0.39 is 17.2 Å². The Balaban J connectivity index is 1.39. The number of alkyl halides is 3. The normalized spacial score (nSPS) is 16.7. The lowest BCUT2D eigenvalue weighted by atomic mass is 9.83. The number of anilines is 5. The van der Waals surface area contributed by atoms with E-state index in [4.69, 9.17) is 4.74 Å². The molecule has 0 atom stereocenters. The van der Waals surface area contributed by atoms with E-state index in [1.165, 1.54) is 0 Å². The number of carbonyl (C=O) groups excluding carboxylic acids is 1. The maximum Gasteiger partial charge on any atom is 0.421 e. The van der Waals surface area contributed by atoms with E-state index in [0.717, 1.165) is 43.6 Å². The van der Waals surface area contributed by atoms with Crippen LogP contribution in [0.1, 0.15) is 51.3 Å². The fourth-order valence-corrected chi connectivity index (χ4v) is 5.65. The second-order valence-electron chi connectivity index (χ2n) is 11.6. The van der Waals surface area contributed by atoms with Crippen LogP contribution in [0.15, 0.2) is 42.6 Å². The number of hydrogen-bond donors (Lipinski definition) is 3. The number of amides is 1. The third-order valence-electron chi connectivity index (χ3n) is 8.05. The van der Waals surface area contributed by atoms with Crippen LogP contribution < -0.4 is 25.6 Å². The average molecular weight is 598 g/mol. The zero-order valence-electron chi connectivity index (χ0n) is 25.1. The summed E-state index contributed by atoms with van der Waals surface area (Å²) < 4.78 is 47.8. The third kappa shape index (κ3) is 6.34. The molecule has 3 aromatic rings. The summed E-state index contributed by atoms with van der Waals surface area (Å²) in [6.45, 7) is 14.0. The van der Waals surface area contributed by atoms with Crippen molar-refractivity contribution in [2.75, 3.05) is 53.6 Å². The Morgan fingerprint density at radius 3 is 2.53 bits per heavy atom. The molecule has 1 amide bonds. The number of piperazine rings is 1. The van der Waals surface area contributed by atoms with Gasteiger partial charge in [-0.25, -0.2) is 4.98 Å². The molecular weight excluding hydrogens is 559 g/mol. The van der Waals surface area contributed by atoms with Crippen molar-refractivity contribution in [1.82, 2.24) is 14.9 Å². The van der Waals surface area contributed by atoms with Crippen LogP contribution in [-0.4, -0.2) is 59.6 Å². The standard InChI is InChI=1S/C31H38F3N7O2/c1-6-43-25-16-21(41-14-12-40(13-15-41)19(2)3)10-11-23(25)38-29-36-18-22(31(32,33)34)27(39-29)35-17-20-8-7-9-24-26(20)30(4,5)28(42)37-24/h7-11,16,18-19H,6,12-15,17H2,1-5H3,(H,37,42)(H2,35,36,38,39). The van der Waals surface area contributed by atoms with Gasteiger partial charge in [0, 0.05) is 62.4 Å². The van der Waals surface area contributed by atoms with Gasteiger partial charge in [-0.3, -0.25) is 9.69 Å². The highest BCUT2D eigenvalue weighted by atomic mass is 19.4. The minimum atomic E-state index is -4.67. The summed E-state index contributed by atoms with van der Waals surface area (Å²) in [4.78, 5) is 25.4. The minimum absolute atomic E-state index is 0.00906. The highest BCUT2D eigenvalue weighted by Gasteiger charge is 2.40. The predicted molar refractivity (Wildman–Crippen MR) is 162 cm³/mol. The molecule has 2 aromatic carbocycles. The largest absolute Gasteiger partial charge is 0.492 e. The first-order valence-corrected chi connectivity index (χ1v) is 14.5. The van der Waals surface area contributed by atoms with E-state index in [-0.39, 0.29) is 24.2 Å². The van der Waals surface area contributed by atoms with Crippen molar-refractivity contribution in [3.05, 3.63) is 59.3 Å². The van der Waals surface area contributed by atoms with Gasteiger partial charge in [0.1, 0.15) is 17.1 Å². The zero-order valence-corrected chi connectivity index (χ0v) is 25.1. The second-order valence-corrected chi connectivity index (χ2v) is 11.6. The lowest BCUT2D eigenvalue weighted by Crippen LogP contribution is -2.48. The van der Waals surface area contributed by atoms with Crippen LogP contribution in [0.3, 0.4) is 0 Å². The first-order valence-electron chi connectivity index (χ1n) is 14.5. The van der Waals surface area contributed by atoms with Crippen molar-refractivity contribution in [2.24, 2.45) is 0 Å². The number of nitrogens with one attached hydrogen (secondary N) is 3. The second kappa shape index (κ2) is 11.9. The zero-order chi connectivity index (χ0) is 30.9. The molecule has 9 nitrogen and oxygen atoms in total. The summed E-state index contributed by atoms with van der Waals surface area (Å²) in [5.41, 5.74) is 1.86. The number of hydrogen-bond acceptors (Lipinski definition) is 8. The van der Waals surface area contributed by atoms with Crippen LogP contribution in [0.5, 0.6) is 5.75 Å². The van der Waals surface area contributed by atoms with Crippen LogP contribution in [0.4, 0.5) is 42.0 Å². The van der Waals surface area contributed by atoms with Gasteiger partial charge in [-0.05, 0) is 63.9 Å². The summed E-state index contributed by atoms with van der Waals surface area (Å²) in [6, 6.07) is 11.6. The van der Waals surface area contributed by atoms with Gasteiger partial charge in [-0.1, -0.05) is 12.1 Å². The average Bonchev–Trinajstić information content (AvgIpc) is 3.20. The fourth-order valence-electron chi connectivity index (χ4n) is 5.65. The lowest BCUT2D eigenvalue weighted by molar-refractivity contribution is -0.137. The smallest absolute Gasteiger partial charge is 0.421 e. The van der Waals surface area contributed by atoms with Gasteiger partial charge < -0.3 is 25.6 Å². The number of halogens is 3. The molecule has 0 aliphatic carbocycles. The van der Waals surface area contributed by atoms with Crippen molar-refractivity contribution in [3.8, 4) is 5.75 Å². The topological polar surface area (TPSA) is 94.7 Å². The van der Waals surface area contributed by atoms with Crippen molar-refractivity contribution >= 4 is 34.7 Å². The summed E-state index contributed by atoms with van der Waals surface area (Å²) in [5.74, 6) is 0.0254. The molecule has 0 spiro atoms. The Morgan fingerprint density at radius 2 is 1.86 bits per heavy atom. The lowest BCUT2D eigenvalue weighted by Gasteiger charge is -2.38. The first-order chi connectivity index (χ1) is 20.4. The molecule has 230 valence electrons. The van der Waals surface area contributed by atoms with Crippen molar-refractivity contribution in [3.63, 3.8) is 0 Å². The molecule has 3 N–H and O–H groups in total. The Hall–Kier alpha value is -4.06. The van der Waals surface area contributed by atoms with Crippen molar-refractivity contribution in [2.45, 2.75) is 58.8 Å². The van der Waals surface area contributed by atoms with E-state index >= 15 is 0 Å². The molecule has 43 heavy (non-hydrogen) atoms. The Bertz CT molecular complexity index is 1480. The molecule has 1 fully saturated rings. The monoisotopic (exact) mass is 597 g/mol. The Labute approximate surface area is 249 Å². The summed E-state index contributed by atoms with van der Waals surface area (Å²) >= 11 is 0. The highest BCUT2D eigenvalue weighted by Crippen LogP contribution is 2.41. The molecule has 0 radical (unpaired) electrons. The van der Waals surface area contributed by atoms with E-state index in [0.29, 0.717) is 35.3 Å². The molecular formula is C31H38F3N7O2. The van der Waals surface area contributed by atoms with Crippen molar-refractivity contribution < 1.29 is 22.7 Å². The minimum Gasteiger partial charge on any atom is -0.492 e. The molecule has 5 rings (SSSR count). The molecule has 1 aromatic heterocycles. The first kappa shape index (κ1) is 30.4. The van der Waals surface area contributed by atoms with Crippen molar-refractivity contribution in [1.29, 1.82) is 0 Å². The van der Waals surface area contributed by atoms with Gasteiger partial charge in [0.2, 0.25) is 11.9 Å². The van der Waals surface area contributed by atoms with E-state index in [2.05, 4.69) is 49.6 Å². The van der Waals surface area contributed by atoms with Gasteiger partial charge >= 0.3 is 6.18 Å². The van der Waals surface area contributed by atoms with E-state index in [9.17, 15) is 18.0 Å². The van der Waals surface area contributed by atoms with Crippen LogP contribution in [0.25, 0.3) is 0 Å².